The third kappa shape index (κ3) is 3.06. The molecule has 0 radical (unpaired) electrons. The van der Waals surface area contributed by atoms with Gasteiger partial charge < -0.3 is 10.1 Å². The summed E-state index contributed by atoms with van der Waals surface area (Å²) in [5, 5.41) is 3.18. The van der Waals surface area contributed by atoms with E-state index >= 15 is 0 Å². The summed E-state index contributed by atoms with van der Waals surface area (Å²) < 4.78 is 57.6. The van der Waals surface area contributed by atoms with Crippen LogP contribution in [0.15, 0.2) is 18.2 Å². The highest BCUT2D eigenvalue weighted by atomic mass is 19.4. The van der Waals surface area contributed by atoms with Crippen molar-refractivity contribution in [2.45, 2.75) is 44.0 Å². The second kappa shape index (κ2) is 5.93. The lowest BCUT2D eigenvalue weighted by Gasteiger charge is -2.47. The predicted octanol–water partition coefficient (Wildman–Crippen LogP) is 4.06. The Hall–Kier alpha value is -1.14. The minimum atomic E-state index is -4.70. The summed E-state index contributed by atoms with van der Waals surface area (Å²) in [7, 11) is 1.57. The first-order chi connectivity index (χ1) is 9.84. The van der Waals surface area contributed by atoms with E-state index in [1.54, 1.807) is 7.11 Å². The lowest BCUT2D eigenvalue weighted by molar-refractivity contribution is -0.140. The van der Waals surface area contributed by atoms with Crippen LogP contribution in [-0.4, -0.2) is 19.3 Å². The van der Waals surface area contributed by atoms with E-state index in [9.17, 15) is 17.6 Å². The number of halogens is 4. The van der Waals surface area contributed by atoms with Crippen LogP contribution in [0.5, 0.6) is 0 Å². The highest BCUT2D eigenvalue weighted by Gasteiger charge is 2.45. The van der Waals surface area contributed by atoms with Crippen LogP contribution in [0.3, 0.4) is 0 Å². The molecule has 1 aromatic rings. The van der Waals surface area contributed by atoms with Crippen LogP contribution >= 0.6 is 0 Å². The summed E-state index contributed by atoms with van der Waals surface area (Å²) in [6.07, 6.45) is -2.17. The predicted molar refractivity (Wildman–Crippen MR) is 71.4 cm³/mol. The van der Waals surface area contributed by atoms with Gasteiger partial charge in [0.2, 0.25) is 0 Å². The zero-order chi connectivity index (χ0) is 15.7. The maximum absolute atomic E-state index is 13.4. The van der Waals surface area contributed by atoms with Gasteiger partial charge in [-0.05, 0) is 43.5 Å². The molecule has 118 valence electrons. The van der Waals surface area contributed by atoms with Gasteiger partial charge >= 0.3 is 6.18 Å². The fraction of sp³-hybridized carbons (Fsp3) is 0.600. The summed E-state index contributed by atoms with van der Waals surface area (Å²) >= 11 is 0. The third-order valence-electron chi connectivity index (χ3n) is 4.17. The Kier molecular flexibility index (Phi) is 4.58. The molecular formula is C15H19F4NO. The first-order valence-corrected chi connectivity index (χ1v) is 6.99. The average Bonchev–Trinajstić information content (AvgIpc) is 2.36. The van der Waals surface area contributed by atoms with E-state index in [1.807, 2.05) is 6.92 Å². The minimum absolute atomic E-state index is 0.372. The zero-order valence-electron chi connectivity index (χ0n) is 12.1. The molecule has 21 heavy (non-hydrogen) atoms. The molecule has 1 aromatic carbocycles. The number of nitrogens with one attached hydrogen (secondary N) is 1. The molecule has 6 heteroatoms. The molecule has 0 amide bonds. The molecular weight excluding hydrogens is 286 g/mol. The van der Waals surface area contributed by atoms with Crippen LogP contribution in [0.2, 0.25) is 0 Å². The molecule has 1 N–H and O–H groups in total. The van der Waals surface area contributed by atoms with Crippen LogP contribution < -0.4 is 5.32 Å². The fourth-order valence-corrected chi connectivity index (χ4v) is 2.89. The molecule has 0 spiro atoms. The smallest absolute Gasteiger partial charge is 0.376 e. The maximum atomic E-state index is 13.4. The molecule has 0 aliphatic heterocycles. The number of hydrogen-bond acceptors (Lipinski definition) is 2. The van der Waals surface area contributed by atoms with Crippen molar-refractivity contribution < 1.29 is 22.3 Å². The molecule has 1 fully saturated rings. The second-order valence-corrected chi connectivity index (χ2v) is 5.35. The van der Waals surface area contributed by atoms with Gasteiger partial charge in [-0.25, -0.2) is 4.39 Å². The van der Waals surface area contributed by atoms with Crippen molar-refractivity contribution in [2.24, 2.45) is 0 Å². The van der Waals surface area contributed by atoms with Crippen molar-refractivity contribution in [1.82, 2.24) is 5.32 Å². The number of likely N-dealkylation sites (N-methyl/N-ethyl adjacent to an activating group) is 1. The molecule has 0 heterocycles. The van der Waals surface area contributed by atoms with E-state index in [2.05, 4.69) is 5.32 Å². The van der Waals surface area contributed by atoms with Crippen molar-refractivity contribution in [3.8, 4) is 0 Å². The second-order valence-electron chi connectivity index (χ2n) is 5.35. The quantitative estimate of drug-likeness (QED) is 0.828. The molecule has 1 atom stereocenters. The first kappa shape index (κ1) is 16.2. The highest BCUT2D eigenvalue weighted by Crippen LogP contribution is 2.45. The van der Waals surface area contributed by atoms with Crippen LogP contribution in [0.1, 0.15) is 43.4 Å². The molecule has 1 unspecified atom stereocenters. The summed E-state index contributed by atoms with van der Waals surface area (Å²) in [6.45, 7) is 2.47. The Morgan fingerprint density at radius 3 is 2.43 bits per heavy atom. The van der Waals surface area contributed by atoms with E-state index in [1.165, 1.54) is 6.07 Å². The summed E-state index contributed by atoms with van der Waals surface area (Å²) in [6, 6.07) is 2.80. The number of alkyl halides is 3. The summed E-state index contributed by atoms with van der Waals surface area (Å²) in [4.78, 5) is 0. The Labute approximate surface area is 121 Å². The van der Waals surface area contributed by atoms with Gasteiger partial charge in [0.15, 0.2) is 0 Å². The van der Waals surface area contributed by atoms with Crippen molar-refractivity contribution in [2.75, 3.05) is 13.7 Å². The van der Waals surface area contributed by atoms with Crippen LogP contribution in [0.25, 0.3) is 0 Å². The van der Waals surface area contributed by atoms with Gasteiger partial charge in [0, 0.05) is 7.11 Å². The number of rotatable bonds is 5. The highest BCUT2D eigenvalue weighted by molar-refractivity contribution is 5.32. The van der Waals surface area contributed by atoms with Gasteiger partial charge in [0.25, 0.3) is 0 Å². The van der Waals surface area contributed by atoms with Gasteiger partial charge in [0.1, 0.15) is 5.82 Å². The van der Waals surface area contributed by atoms with Gasteiger partial charge in [-0.2, -0.15) is 13.2 Å². The van der Waals surface area contributed by atoms with Crippen LogP contribution in [-0.2, 0) is 10.9 Å². The van der Waals surface area contributed by atoms with Gasteiger partial charge in [-0.3, -0.25) is 0 Å². The van der Waals surface area contributed by atoms with Crippen molar-refractivity contribution in [3.63, 3.8) is 0 Å². The van der Waals surface area contributed by atoms with E-state index in [0.29, 0.717) is 12.1 Å². The Morgan fingerprint density at radius 2 is 2.00 bits per heavy atom. The third-order valence-corrected chi connectivity index (χ3v) is 4.17. The standard InChI is InChI=1S/C15H19F4NO/c1-3-20-13(14(21-2)7-4-8-14)10-5-6-12(16)11(9-10)15(17,18)19/h5-6,9,13,20H,3-4,7-8H2,1-2H3. The lowest BCUT2D eigenvalue weighted by atomic mass is 9.72. The molecule has 0 saturated heterocycles. The molecule has 2 rings (SSSR count). The molecule has 1 aliphatic rings. The normalized spacial score (nSPS) is 19.1. The van der Waals surface area contributed by atoms with Gasteiger partial charge in [-0.1, -0.05) is 13.0 Å². The van der Waals surface area contributed by atoms with E-state index in [0.717, 1.165) is 31.4 Å². The first-order valence-electron chi connectivity index (χ1n) is 6.99. The van der Waals surface area contributed by atoms with E-state index in [4.69, 9.17) is 4.74 Å². The largest absolute Gasteiger partial charge is 0.419 e. The molecule has 0 aromatic heterocycles. The molecule has 2 nitrogen and oxygen atoms in total. The zero-order valence-corrected chi connectivity index (χ0v) is 12.1. The van der Waals surface area contributed by atoms with E-state index in [-0.39, 0.29) is 6.04 Å². The maximum Gasteiger partial charge on any atom is 0.419 e. The summed E-state index contributed by atoms with van der Waals surface area (Å²) in [5.74, 6) is -1.25. The lowest BCUT2D eigenvalue weighted by Crippen LogP contribution is -2.50. The number of hydrogen-bond donors (Lipinski definition) is 1. The number of ether oxygens (including phenoxy) is 1. The molecule has 1 saturated carbocycles. The molecule has 1 aliphatic carbocycles. The van der Waals surface area contributed by atoms with Crippen molar-refractivity contribution >= 4 is 0 Å². The number of benzene rings is 1. The average molecular weight is 305 g/mol. The minimum Gasteiger partial charge on any atom is -0.376 e. The van der Waals surface area contributed by atoms with Crippen LogP contribution in [0.4, 0.5) is 17.6 Å². The number of methoxy groups -OCH3 is 1. The Balaban J connectivity index is 2.42. The van der Waals surface area contributed by atoms with Crippen molar-refractivity contribution in [3.05, 3.63) is 35.1 Å². The van der Waals surface area contributed by atoms with E-state index < -0.39 is 23.2 Å². The fourth-order valence-electron chi connectivity index (χ4n) is 2.89. The summed E-state index contributed by atoms with van der Waals surface area (Å²) in [5.41, 5.74) is -1.32. The Morgan fingerprint density at radius 1 is 1.33 bits per heavy atom. The van der Waals surface area contributed by atoms with Gasteiger partial charge in [0.05, 0.1) is 17.2 Å². The Bertz CT molecular complexity index is 491. The van der Waals surface area contributed by atoms with Gasteiger partial charge in [-0.15, -0.1) is 0 Å². The SMILES string of the molecule is CCNC(c1ccc(F)c(C(F)(F)F)c1)C1(OC)CCC1. The van der Waals surface area contributed by atoms with Crippen molar-refractivity contribution in [1.29, 1.82) is 0 Å². The monoisotopic (exact) mass is 305 g/mol. The molecule has 0 bridgehead atoms. The topological polar surface area (TPSA) is 21.3 Å². The van der Waals surface area contributed by atoms with Crippen LogP contribution in [0, 0.1) is 5.82 Å².